The van der Waals surface area contributed by atoms with Gasteiger partial charge in [0.25, 0.3) is 5.91 Å². The number of ketones is 1. The first-order valence-electron chi connectivity index (χ1n) is 7.93. The number of hydrogen-bond donors (Lipinski definition) is 0. The highest BCUT2D eigenvalue weighted by Gasteiger charge is 2.24. The summed E-state index contributed by atoms with van der Waals surface area (Å²) in [5.74, 6) is -1.58. The highest BCUT2D eigenvalue weighted by Crippen LogP contribution is 2.15. The number of benzene rings is 1. The number of carbonyl (C=O) groups is 3. The van der Waals surface area contributed by atoms with Crippen molar-refractivity contribution >= 4 is 27.7 Å². The monoisotopic (exact) mass is 395 g/mol. The first kappa shape index (κ1) is 22.3. The Morgan fingerprint density at radius 3 is 2.26 bits per heavy atom. The second kappa shape index (κ2) is 9.80. The van der Waals surface area contributed by atoms with E-state index in [1.165, 1.54) is 50.2 Å². The molecule has 0 saturated carbocycles. The molecule has 1 aromatic carbocycles. The standard InChI is InChI=1S/C17H21N3O6S/c1-13(21)14-5-7-15(8-6-14)27(24,25)20(3)11-17(23)26-12-16(22)19(2)10-4-9-18/h5-8H,4,10-12H2,1-3H3. The van der Waals surface area contributed by atoms with E-state index in [0.29, 0.717) is 5.56 Å². The van der Waals surface area contributed by atoms with E-state index in [0.717, 1.165) is 4.31 Å². The topological polar surface area (TPSA) is 125 Å². The van der Waals surface area contributed by atoms with E-state index in [9.17, 15) is 22.8 Å². The maximum absolute atomic E-state index is 12.4. The van der Waals surface area contributed by atoms with E-state index in [2.05, 4.69) is 0 Å². The van der Waals surface area contributed by atoms with E-state index in [1.54, 1.807) is 0 Å². The molecular formula is C17H21N3O6S. The summed E-state index contributed by atoms with van der Waals surface area (Å²) in [6, 6.07) is 7.22. The molecule has 0 heterocycles. The van der Waals surface area contributed by atoms with Gasteiger partial charge in [-0.1, -0.05) is 12.1 Å². The number of amides is 1. The molecule has 27 heavy (non-hydrogen) atoms. The number of likely N-dealkylation sites (N-methyl/N-ethyl adjacent to an activating group) is 2. The average molecular weight is 395 g/mol. The zero-order chi connectivity index (χ0) is 20.6. The minimum absolute atomic E-state index is 0.0740. The molecular weight excluding hydrogens is 374 g/mol. The third-order valence-corrected chi connectivity index (χ3v) is 5.48. The Morgan fingerprint density at radius 2 is 1.74 bits per heavy atom. The normalized spacial score (nSPS) is 10.9. The van der Waals surface area contributed by atoms with Crippen LogP contribution in [0.4, 0.5) is 0 Å². The molecule has 0 spiro atoms. The second-order valence-corrected chi connectivity index (χ2v) is 7.77. The highest BCUT2D eigenvalue weighted by molar-refractivity contribution is 7.89. The second-order valence-electron chi connectivity index (χ2n) is 5.73. The van der Waals surface area contributed by atoms with Crippen LogP contribution < -0.4 is 0 Å². The molecule has 0 unspecified atom stereocenters. The number of ether oxygens (including phenoxy) is 1. The lowest BCUT2D eigenvalue weighted by molar-refractivity contribution is -0.151. The van der Waals surface area contributed by atoms with Crippen LogP contribution in [0.15, 0.2) is 29.2 Å². The van der Waals surface area contributed by atoms with Crippen LogP contribution in [-0.4, -0.2) is 69.1 Å². The molecule has 9 nitrogen and oxygen atoms in total. The van der Waals surface area contributed by atoms with Gasteiger partial charge in [-0.25, -0.2) is 8.42 Å². The number of esters is 1. The Bertz CT molecular complexity index is 842. The van der Waals surface area contributed by atoms with Gasteiger partial charge in [-0.05, 0) is 19.1 Å². The summed E-state index contributed by atoms with van der Waals surface area (Å²) >= 11 is 0. The first-order chi connectivity index (χ1) is 12.6. The molecule has 0 aliphatic heterocycles. The van der Waals surface area contributed by atoms with Crippen LogP contribution in [0.3, 0.4) is 0 Å². The van der Waals surface area contributed by atoms with E-state index in [-0.39, 0.29) is 23.6 Å². The molecule has 0 bridgehead atoms. The molecule has 1 rings (SSSR count). The van der Waals surface area contributed by atoms with Gasteiger partial charge in [-0.2, -0.15) is 9.57 Å². The molecule has 0 N–H and O–H groups in total. The fourth-order valence-corrected chi connectivity index (χ4v) is 3.06. The first-order valence-corrected chi connectivity index (χ1v) is 9.37. The van der Waals surface area contributed by atoms with Crippen LogP contribution in [0.25, 0.3) is 0 Å². The molecule has 146 valence electrons. The van der Waals surface area contributed by atoms with Gasteiger partial charge in [0.1, 0.15) is 6.54 Å². The third kappa shape index (κ3) is 6.47. The predicted molar refractivity (Wildman–Crippen MR) is 95.1 cm³/mol. The zero-order valence-electron chi connectivity index (χ0n) is 15.3. The van der Waals surface area contributed by atoms with Crippen LogP contribution in [0.5, 0.6) is 0 Å². The Morgan fingerprint density at radius 1 is 1.15 bits per heavy atom. The van der Waals surface area contributed by atoms with Gasteiger partial charge in [0.15, 0.2) is 12.4 Å². The SMILES string of the molecule is CC(=O)c1ccc(S(=O)(=O)N(C)CC(=O)OCC(=O)N(C)CCC#N)cc1. The van der Waals surface area contributed by atoms with Crippen LogP contribution in [0, 0.1) is 11.3 Å². The Hall–Kier alpha value is -2.77. The lowest BCUT2D eigenvalue weighted by Gasteiger charge is -2.18. The van der Waals surface area contributed by atoms with Gasteiger partial charge in [-0.3, -0.25) is 14.4 Å². The van der Waals surface area contributed by atoms with Crippen molar-refractivity contribution in [1.29, 1.82) is 5.26 Å². The fraction of sp³-hybridized carbons (Fsp3) is 0.412. The summed E-state index contributed by atoms with van der Waals surface area (Å²) in [5, 5.41) is 8.47. The number of hydrogen-bond acceptors (Lipinski definition) is 7. The molecule has 0 atom stereocenters. The van der Waals surface area contributed by atoms with Gasteiger partial charge in [-0.15, -0.1) is 0 Å². The maximum Gasteiger partial charge on any atom is 0.321 e. The van der Waals surface area contributed by atoms with E-state index >= 15 is 0 Å². The largest absolute Gasteiger partial charge is 0.455 e. The number of Topliss-reactive ketones (excluding diaryl/α,β-unsaturated/α-hetero) is 1. The van der Waals surface area contributed by atoms with Crippen molar-refractivity contribution in [3.05, 3.63) is 29.8 Å². The Balaban J connectivity index is 2.64. The minimum Gasteiger partial charge on any atom is -0.455 e. The quantitative estimate of drug-likeness (QED) is 0.438. The predicted octanol–water partition coefficient (Wildman–Crippen LogP) is 0.425. The van der Waals surface area contributed by atoms with E-state index < -0.39 is 35.1 Å². The molecule has 1 aromatic rings. The van der Waals surface area contributed by atoms with Crippen LogP contribution >= 0.6 is 0 Å². The molecule has 10 heteroatoms. The number of sulfonamides is 1. The van der Waals surface area contributed by atoms with Crippen LogP contribution in [0.1, 0.15) is 23.7 Å². The summed E-state index contributed by atoms with van der Waals surface area (Å²) in [6.07, 6.45) is 0.152. The lowest BCUT2D eigenvalue weighted by Crippen LogP contribution is -2.36. The minimum atomic E-state index is -3.95. The summed E-state index contributed by atoms with van der Waals surface area (Å²) in [6.45, 7) is 0.454. The average Bonchev–Trinajstić information content (AvgIpc) is 2.63. The number of nitrogens with zero attached hydrogens (tertiary/aromatic N) is 3. The van der Waals surface area contributed by atoms with Gasteiger partial charge in [0, 0.05) is 26.2 Å². The smallest absolute Gasteiger partial charge is 0.321 e. The van der Waals surface area contributed by atoms with Crippen molar-refractivity contribution in [3.63, 3.8) is 0 Å². The number of nitriles is 1. The third-order valence-electron chi connectivity index (χ3n) is 3.66. The van der Waals surface area contributed by atoms with Gasteiger partial charge in [0.05, 0.1) is 17.4 Å². The fourth-order valence-electron chi connectivity index (χ4n) is 1.95. The van der Waals surface area contributed by atoms with Crippen molar-refractivity contribution in [2.45, 2.75) is 18.2 Å². The van der Waals surface area contributed by atoms with E-state index in [1.807, 2.05) is 6.07 Å². The van der Waals surface area contributed by atoms with Crippen LogP contribution in [0.2, 0.25) is 0 Å². The molecule has 0 aliphatic carbocycles. The molecule has 0 aromatic heterocycles. The molecule has 0 radical (unpaired) electrons. The van der Waals surface area contributed by atoms with Crippen LogP contribution in [-0.2, 0) is 24.3 Å². The van der Waals surface area contributed by atoms with Gasteiger partial charge in [0.2, 0.25) is 10.0 Å². The summed E-state index contributed by atoms with van der Waals surface area (Å²) in [5.41, 5.74) is 0.370. The Labute approximate surface area is 158 Å². The van der Waals surface area contributed by atoms with Crippen molar-refractivity contribution in [1.82, 2.24) is 9.21 Å². The maximum atomic E-state index is 12.4. The zero-order valence-corrected chi connectivity index (χ0v) is 16.2. The number of carbonyl (C=O) groups excluding carboxylic acids is 3. The Kier molecular flexibility index (Phi) is 8.08. The lowest BCUT2D eigenvalue weighted by atomic mass is 10.2. The van der Waals surface area contributed by atoms with Crippen molar-refractivity contribution in [2.75, 3.05) is 33.8 Å². The van der Waals surface area contributed by atoms with Crippen molar-refractivity contribution < 1.29 is 27.5 Å². The van der Waals surface area contributed by atoms with Crippen molar-refractivity contribution in [2.24, 2.45) is 0 Å². The summed E-state index contributed by atoms with van der Waals surface area (Å²) in [4.78, 5) is 36.0. The van der Waals surface area contributed by atoms with Crippen molar-refractivity contribution in [3.8, 4) is 6.07 Å². The van der Waals surface area contributed by atoms with E-state index in [4.69, 9.17) is 10.00 Å². The summed E-state index contributed by atoms with van der Waals surface area (Å²) < 4.78 is 30.5. The highest BCUT2D eigenvalue weighted by atomic mass is 32.2. The molecule has 0 aliphatic rings. The van der Waals surface area contributed by atoms with Gasteiger partial charge >= 0.3 is 5.97 Å². The molecule has 1 amide bonds. The van der Waals surface area contributed by atoms with Gasteiger partial charge < -0.3 is 9.64 Å². The summed E-state index contributed by atoms with van der Waals surface area (Å²) in [7, 11) is -1.28. The molecule has 0 saturated heterocycles. The number of rotatable bonds is 9. The molecule has 0 fully saturated rings.